The SMILES string of the molecule is COc1ccc(CCN(C)CCC(C)C)cc1. The highest BCUT2D eigenvalue weighted by Gasteiger charge is 2.01. The van der Waals surface area contributed by atoms with E-state index < -0.39 is 0 Å². The van der Waals surface area contributed by atoms with Crippen LogP contribution in [0.25, 0.3) is 0 Å². The second-order valence-electron chi connectivity index (χ2n) is 5.08. The largest absolute Gasteiger partial charge is 0.497 e. The molecule has 0 amide bonds. The van der Waals surface area contributed by atoms with E-state index in [1.165, 1.54) is 18.5 Å². The van der Waals surface area contributed by atoms with Gasteiger partial charge in [0.15, 0.2) is 0 Å². The first-order valence-corrected chi connectivity index (χ1v) is 6.43. The minimum Gasteiger partial charge on any atom is -0.497 e. The fourth-order valence-corrected chi connectivity index (χ4v) is 1.70. The molecule has 17 heavy (non-hydrogen) atoms. The van der Waals surface area contributed by atoms with Gasteiger partial charge in [0.25, 0.3) is 0 Å². The lowest BCUT2D eigenvalue weighted by Gasteiger charge is -2.17. The van der Waals surface area contributed by atoms with E-state index in [4.69, 9.17) is 4.74 Å². The Hall–Kier alpha value is -1.02. The molecule has 0 saturated heterocycles. The van der Waals surface area contributed by atoms with Gasteiger partial charge in [-0.3, -0.25) is 0 Å². The molecule has 0 aromatic heterocycles. The van der Waals surface area contributed by atoms with Crippen LogP contribution >= 0.6 is 0 Å². The molecule has 2 nitrogen and oxygen atoms in total. The van der Waals surface area contributed by atoms with Crippen LogP contribution in [0.2, 0.25) is 0 Å². The molecule has 0 N–H and O–H groups in total. The number of methoxy groups -OCH3 is 1. The van der Waals surface area contributed by atoms with Crippen LogP contribution in [0.4, 0.5) is 0 Å². The Morgan fingerprint density at radius 3 is 2.29 bits per heavy atom. The van der Waals surface area contributed by atoms with Gasteiger partial charge in [0.2, 0.25) is 0 Å². The number of likely N-dealkylation sites (N-methyl/N-ethyl adjacent to an activating group) is 1. The van der Waals surface area contributed by atoms with Crippen LogP contribution in [0.1, 0.15) is 25.8 Å². The van der Waals surface area contributed by atoms with E-state index in [1.807, 2.05) is 12.1 Å². The van der Waals surface area contributed by atoms with Crippen LogP contribution in [-0.2, 0) is 6.42 Å². The summed E-state index contributed by atoms with van der Waals surface area (Å²) in [5.74, 6) is 1.72. The topological polar surface area (TPSA) is 12.5 Å². The lowest BCUT2D eigenvalue weighted by molar-refractivity contribution is 0.314. The van der Waals surface area contributed by atoms with Crippen LogP contribution in [0, 0.1) is 5.92 Å². The van der Waals surface area contributed by atoms with Gasteiger partial charge in [0, 0.05) is 6.54 Å². The van der Waals surface area contributed by atoms with Crippen molar-refractivity contribution in [3.63, 3.8) is 0 Å². The van der Waals surface area contributed by atoms with E-state index in [2.05, 4.69) is 37.9 Å². The summed E-state index contributed by atoms with van der Waals surface area (Å²) in [7, 11) is 3.90. The number of benzene rings is 1. The number of hydrogen-bond donors (Lipinski definition) is 0. The summed E-state index contributed by atoms with van der Waals surface area (Å²) in [6.07, 6.45) is 2.39. The third-order valence-electron chi connectivity index (χ3n) is 3.03. The summed E-state index contributed by atoms with van der Waals surface area (Å²) < 4.78 is 5.15. The van der Waals surface area contributed by atoms with Gasteiger partial charge in [-0.25, -0.2) is 0 Å². The van der Waals surface area contributed by atoms with Gasteiger partial charge >= 0.3 is 0 Å². The molecule has 2 heteroatoms. The molecule has 0 spiro atoms. The smallest absolute Gasteiger partial charge is 0.118 e. The number of hydrogen-bond acceptors (Lipinski definition) is 2. The monoisotopic (exact) mass is 235 g/mol. The molecule has 0 radical (unpaired) electrons. The molecule has 0 fully saturated rings. The van der Waals surface area contributed by atoms with Crippen LogP contribution in [0.15, 0.2) is 24.3 Å². The first-order valence-electron chi connectivity index (χ1n) is 6.43. The molecule has 1 rings (SSSR count). The van der Waals surface area contributed by atoms with Gasteiger partial charge in [-0.2, -0.15) is 0 Å². The molecular formula is C15H25NO. The highest BCUT2D eigenvalue weighted by Crippen LogP contribution is 2.12. The molecule has 1 aromatic carbocycles. The predicted molar refractivity (Wildman–Crippen MR) is 73.7 cm³/mol. The summed E-state index contributed by atoms with van der Waals surface area (Å²) in [6, 6.07) is 8.36. The van der Waals surface area contributed by atoms with Crippen molar-refractivity contribution < 1.29 is 4.74 Å². The van der Waals surface area contributed by atoms with Crippen molar-refractivity contribution in [3.05, 3.63) is 29.8 Å². The molecule has 96 valence electrons. The Kier molecular flexibility index (Phi) is 6.06. The Labute approximate surface area is 106 Å². The van der Waals surface area contributed by atoms with Crippen molar-refractivity contribution in [1.29, 1.82) is 0 Å². The van der Waals surface area contributed by atoms with E-state index >= 15 is 0 Å². The molecule has 1 aromatic rings. The van der Waals surface area contributed by atoms with Gasteiger partial charge in [0.1, 0.15) is 5.75 Å². The average Bonchev–Trinajstić information content (AvgIpc) is 2.34. The van der Waals surface area contributed by atoms with Gasteiger partial charge < -0.3 is 9.64 Å². The maximum Gasteiger partial charge on any atom is 0.118 e. The van der Waals surface area contributed by atoms with Gasteiger partial charge in [0.05, 0.1) is 7.11 Å². The zero-order valence-electron chi connectivity index (χ0n) is 11.6. The maximum absolute atomic E-state index is 5.15. The average molecular weight is 235 g/mol. The third kappa shape index (κ3) is 5.73. The van der Waals surface area contributed by atoms with Gasteiger partial charge in [-0.05, 0) is 50.0 Å². The summed E-state index contributed by atoms with van der Waals surface area (Å²) in [5.41, 5.74) is 1.38. The molecule has 0 atom stereocenters. The van der Waals surface area contributed by atoms with E-state index in [0.29, 0.717) is 0 Å². The molecule has 0 heterocycles. The Bertz CT molecular complexity index is 305. The standard InChI is InChI=1S/C15H25NO/c1-13(2)9-11-16(3)12-10-14-5-7-15(17-4)8-6-14/h5-8,13H,9-12H2,1-4H3. The Morgan fingerprint density at radius 1 is 1.12 bits per heavy atom. The zero-order valence-corrected chi connectivity index (χ0v) is 11.6. The van der Waals surface area contributed by atoms with E-state index in [1.54, 1.807) is 7.11 Å². The third-order valence-corrected chi connectivity index (χ3v) is 3.03. The van der Waals surface area contributed by atoms with Gasteiger partial charge in [-0.1, -0.05) is 26.0 Å². The second-order valence-corrected chi connectivity index (χ2v) is 5.08. The summed E-state index contributed by atoms with van der Waals surface area (Å²) in [6.45, 7) is 6.86. The summed E-state index contributed by atoms with van der Waals surface area (Å²) in [5, 5.41) is 0. The minimum absolute atomic E-state index is 0.790. The number of nitrogens with zero attached hydrogens (tertiary/aromatic N) is 1. The van der Waals surface area contributed by atoms with E-state index in [0.717, 1.165) is 24.6 Å². The molecular weight excluding hydrogens is 210 g/mol. The quantitative estimate of drug-likeness (QED) is 0.719. The highest BCUT2D eigenvalue weighted by molar-refractivity contribution is 5.27. The van der Waals surface area contributed by atoms with Crippen molar-refractivity contribution in [2.24, 2.45) is 5.92 Å². The van der Waals surface area contributed by atoms with Crippen LogP contribution in [-0.4, -0.2) is 32.1 Å². The van der Waals surface area contributed by atoms with E-state index in [-0.39, 0.29) is 0 Å². The van der Waals surface area contributed by atoms with Crippen molar-refractivity contribution in [2.75, 3.05) is 27.2 Å². The second kappa shape index (κ2) is 7.33. The van der Waals surface area contributed by atoms with Crippen LogP contribution in [0.3, 0.4) is 0 Å². The lowest BCUT2D eigenvalue weighted by atomic mass is 10.1. The fourth-order valence-electron chi connectivity index (χ4n) is 1.70. The molecule has 0 saturated carbocycles. The lowest BCUT2D eigenvalue weighted by Crippen LogP contribution is -2.23. The minimum atomic E-state index is 0.790. The van der Waals surface area contributed by atoms with Crippen molar-refractivity contribution in [3.8, 4) is 5.75 Å². The summed E-state index contributed by atoms with van der Waals surface area (Å²) >= 11 is 0. The molecule has 0 aliphatic heterocycles. The predicted octanol–water partition coefficient (Wildman–Crippen LogP) is 3.22. The molecule has 0 unspecified atom stereocenters. The Morgan fingerprint density at radius 2 is 1.76 bits per heavy atom. The van der Waals surface area contributed by atoms with Crippen LogP contribution in [0.5, 0.6) is 5.75 Å². The fraction of sp³-hybridized carbons (Fsp3) is 0.600. The maximum atomic E-state index is 5.15. The highest BCUT2D eigenvalue weighted by atomic mass is 16.5. The number of rotatable bonds is 7. The first-order chi connectivity index (χ1) is 8.11. The van der Waals surface area contributed by atoms with E-state index in [9.17, 15) is 0 Å². The normalized spacial score (nSPS) is 11.2. The Balaban J connectivity index is 2.29. The number of ether oxygens (including phenoxy) is 1. The molecule has 0 bridgehead atoms. The molecule has 0 aliphatic carbocycles. The molecule has 0 aliphatic rings. The van der Waals surface area contributed by atoms with Crippen molar-refractivity contribution in [1.82, 2.24) is 4.90 Å². The first kappa shape index (κ1) is 14.0. The summed E-state index contributed by atoms with van der Waals surface area (Å²) in [4.78, 5) is 2.41. The van der Waals surface area contributed by atoms with Crippen molar-refractivity contribution in [2.45, 2.75) is 26.7 Å². The van der Waals surface area contributed by atoms with Crippen LogP contribution < -0.4 is 4.74 Å². The van der Waals surface area contributed by atoms with Crippen molar-refractivity contribution >= 4 is 0 Å². The van der Waals surface area contributed by atoms with Gasteiger partial charge in [-0.15, -0.1) is 0 Å². The zero-order chi connectivity index (χ0) is 12.7.